The van der Waals surface area contributed by atoms with E-state index in [1.54, 1.807) is 19.2 Å². The Kier molecular flexibility index (Phi) is 4.91. The third-order valence-corrected chi connectivity index (χ3v) is 3.11. The summed E-state index contributed by atoms with van der Waals surface area (Å²) >= 11 is 0. The lowest BCUT2D eigenvalue weighted by atomic mass is 10.00. The van der Waals surface area contributed by atoms with Gasteiger partial charge in [0.15, 0.2) is 6.10 Å². The molecule has 1 aliphatic rings. The number of carbonyl (C=O) groups excluding carboxylic acids is 1. The van der Waals surface area contributed by atoms with Gasteiger partial charge in [-0.05, 0) is 36.3 Å². The molecule has 0 aromatic heterocycles. The highest BCUT2D eigenvalue weighted by Gasteiger charge is 2.24. The van der Waals surface area contributed by atoms with E-state index in [0.717, 1.165) is 12.0 Å². The van der Waals surface area contributed by atoms with Gasteiger partial charge in [-0.25, -0.2) is 4.79 Å². The molecular weight excluding hydrogens is 252 g/mol. The summed E-state index contributed by atoms with van der Waals surface area (Å²) in [6, 6.07) is 8.94. The maximum Gasteiger partial charge on any atom is 0.338 e. The van der Waals surface area contributed by atoms with Crippen molar-refractivity contribution in [1.29, 1.82) is 0 Å². The fraction of sp³-hybridized carbons (Fsp3) is 0.235. The molecule has 0 saturated carbocycles. The number of ether oxygens (including phenoxy) is 2. The van der Waals surface area contributed by atoms with Crippen LogP contribution in [-0.2, 0) is 9.47 Å². The van der Waals surface area contributed by atoms with E-state index in [1.807, 2.05) is 42.5 Å². The van der Waals surface area contributed by atoms with Crippen molar-refractivity contribution in [2.24, 2.45) is 0 Å². The van der Waals surface area contributed by atoms with Gasteiger partial charge >= 0.3 is 5.97 Å². The second-order valence-corrected chi connectivity index (χ2v) is 4.53. The zero-order valence-corrected chi connectivity index (χ0v) is 11.5. The number of benzene rings is 1. The van der Waals surface area contributed by atoms with Gasteiger partial charge in [-0.15, -0.1) is 6.58 Å². The first kappa shape index (κ1) is 14.3. The lowest BCUT2D eigenvalue weighted by molar-refractivity contribution is -0.00105. The van der Waals surface area contributed by atoms with E-state index in [4.69, 9.17) is 9.47 Å². The summed E-state index contributed by atoms with van der Waals surface area (Å²) < 4.78 is 10.9. The van der Waals surface area contributed by atoms with Crippen LogP contribution in [0.3, 0.4) is 0 Å². The van der Waals surface area contributed by atoms with Gasteiger partial charge in [0.2, 0.25) is 0 Å². The van der Waals surface area contributed by atoms with Gasteiger partial charge in [-0.2, -0.15) is 0 Å². The van der Waals surface area contributed by atoms with E-state index in [9.17, 15) is 4.79 Å². The lowest BCUT2D eigenvalue weighted by Gasteiger charge is -2.24. The van der Waals surface area contributed by atoms with E-state index >= 15 is 0 Å². The SMILES string of the molecule is C=CCC1=CC(OC)C(OC(=O)c2ccccc2)C=C1. The van der Waals surface area contributed by atoms with Crippen LogP contribution in [0.5, 0.6) is 0 Å². The summed E-state index contributed by atoms with van der Waals surface area (Å²) in [4.78, 5) is 12.0. The minimum Gasteiger partial charge on any atom is -0.451 e. The van der Waals surface area contributed by atoms with Crippen LogP contribution in [0.4, 0.5) is 0 Å². The second kappa shape index (κ2) is 6.87. The molecule has 2 unspecified atom stereocenters. The van der Waals surface area contributed by atoms with Crippen molar-refractivity contribution in [3.05, 3.63) is 72.4 Å². The molecule has 2 atom stereocenters. The predicted octanol–water partition coefficient (Wildman–Crippen LogP) is 3.30. The summed E-state index contributed by atoms with van der Waals surface area (Å²) in [5.74, 6) is -0.345. The Bertz CT molecular complexity index is 528. The molecule has 0 spiro atoms. The molecule has 3 heteroatoms. The second-order valence-electron chi connectivity index (χ2n) is 4.53. The van der Waals surface area contributed by atoms with Crippen molar-refractivity contribution in [2.45, 2.75) is 18.6 Å². The fourth-order valence-corrected chi connectivity index (χ4v) is 2.07. The average Bonchev–Trinajstić information content (AvgIpc) is 2.50. The molecule has 104 valence electrons. The van der Waals surface area contributed by atoms with E-state index in [2.05, 4.69) is 6.58 Å². The Morgan fingerprint density at radius 2 is 2.05 bits per heavy atom. The van der Waals surface area contributed by atoms with E-state index in [1.165, 1.54) is 0 Å². The van der Waals surface area contributed by atoms with Gasteiger partial charge < -0.3 is 9.47 Å². The predicted molar refractivity (Wildman–Crippen MR) is 78.5 cm³/mol. The van der Waals surface area contributed by atoms with Gasteiger partial charge in [0.1, 0.15) is 6.10 Å². The van der Waals surface area contributed by atoms with Crippen molar-refractivity contribution in [3.8, 4) is 0 Å². The number of methoxy groups -OCH3 is 1. The number of esters is 1. The van der Waals surface area contributed by atoms with Crippen LogP contribution in [0.25, 0.3) is 0 Å². The third-order valence-electron chi connectivity index (χ3n) is 3.11. The molecule has 0 radical (unpaired) electrons. The summed E-state index contributed by atoms with van der Waals surface area (Å²) in [5.41, 5.74) is 1.65. The molecule has 0 heterocycles. The lowest BCUT2D eigenvalue weighted by Crippen LogP contribution is -2.31. The highest BCUT2D eigenvalue weighted by molar-refractivity contribution is 5.89. The molecule has 0 aliphatic heterocycles. The molecule has 0 fully saturated rings. The quantitative estimate of drug-likeness (QED) is 0.608. The molecule has 1 aromatic carbocycles. The maximum atomic E-state index is 12.0. The summed E-state index contributed by atoms with van der Waals surface area (Å²) in [5, 5.41) is 0. The number of hydrogen-bond acceptors (Lipinski definition) is 3. The maximum absolute atomic E-state index is 12.0. The number of hydrogen-bond donors (Lipinski definition) is 0. The average molecular weight is 270 g/mol. The van der Waals surface area contributed by atoms with Gasteiger partial charge in [-0.1, -0.05) is 30.4 Å². The fourth-order valence-electron chi connectivity index (χ4n) is 2.07. The molecular formula is C17H18O3. The summed E-state index contributed by atoms with van der Waals surface area (Å²) in [6.45, 7) is 3.71. The molecule has 0 saturated heterocycles. The van der Waals surface area contributed by atoms with Crippen molar-refractivity contribution >= 4 is 5.97 Å². The summed E-state index contributed by atoms with van der Waals surface area (Å²) in [7, 11) is 1.61. The largest absolute Gasteiger partial charge is 0.451 e. The first-order valence-corrected chi connectivity index (χ1v) is 6.53. The van der Waals surface area contributed by atoms with E-state index in [-0.39, 0.29) is 12.1 Å². The van der Waals surface area contributed by atoms with Gasteiger partial charge in [-0.3, -0.25) is 0 Å². The Labute approximate surface area is 119 Å². The van der Waals surface area contributed by atoms with Gasteiger partial charge in [0, 0.05) is 7.11 Å². The number of carbonyl (C=O) groups is 1. The van der Waals surface area contributed by atoms with Gasteiger partial charge in [0.25, 0.3) is 0 Å². The van der Waals surface area contributed by atoms with Crippen molar-refractivity contribution < 1.29 is 14.3 Å². The Morgan fingerprint density at radius 3 is 2.70 bits per heavy atom. The highest BCUT2D eigenvalue weighted by Crippen LogP contribution is 2.20. The Morgan fingerprint density at radius 1 is 1.30 bits per heavy atom. The highest BCUT2D eigenvalue weighted by atomic mass is 16.6. The molecule has 20 heavy (non-hydrogen) atoms. The van der Waals surface area contributed by atoms with Crippen molar-refractivity contribution in [3.63, 3.8) is 0 Å². The van der Waals surface area contributed by atoms with Crippen LogP contribution >= 0.6 is 0 Å². The standard InChI is InChI=1S/C17H18O3/c1-3-7-13-10-11-15(16(12-13)19-2)20-17(18)14-8-5-4-6-9-14/h3-6,8-12,15-16H,1,7H2,2H3. The zero-order valence-electron chi connectivity index (χ0n) is 11.5. The van der Waals surface area contributed by atoms with E-state index < -0.39 is 6.10 Å². The molecule has 0 amide bonds. The zero-order chi connectivity index (χ0) is 14.4. The molecule has 0 N–H and O–H groups in total. The topological polar surface area (TPSA) is 35.5 Å². The Hall–Kier alpha value is -2.13. The monoisotopic (exact) mass is 270 g/mol. The van der Waals surface area contributed by atoms with Crippen molar-refractivity contribution in [1.82, 2.24) is 0 Å². The van der Waals surface area contributed by atoms with E-state index in [0.29, 0.717) is 5.56 Å². The first-order chi connectivity index (χ1) is 9.74. The van der Waals surface area contributed by atoms with Crippen LogP contribution in [0, 0.1) is 0 Å². The van der Waals surface area contributed by atoms with Gasteiger partial charge in [0.05, 0.1) is 5.56 Å². The van der Waals surface area contributed by atoms with Crippen molar-refractivity contribution in [2.75, 3.05) is 7.11 Å². The van der Waals surface area contributed by atoms with Crippen LogP contribution in [0.1, 0.15) is 16.8 Å². The molecule has 1 aromatic rings. The molecule has 0 bridgehead atoms. The smallest absolute Gasteiger partial charge is 0.338 e. The number of rotatable bonds is 5. The van der Waals surface area contributed by atoms with Crippen LogP contribution < -0.4 is 0 Å². The molecule has 3 nitrogen and oxygen atoms in total. The summed E-state index contributed by atoms with van der Waals surface area (Å²) in [6.07, 6.45) is 7.71. The normalized spacial score (nSPS) is 21.1. The van der Waals surface area contributed by atoms with Crippen LogP contribution in [0.2, 0.25) is 0 Å². The molecule has 2 rings (SSSR count). The minimum absolute atomic E-state index is 0.261. The Balaban J connectivity index is 2.05. The third kappa shape index (κ3) is 3.45. The van der Waals surface area contributed by atoms with Crippen LogP contribution in [0.15, 0.2) is 66.8 Å². The minimum atomic E-state index is -0.402. The number of allylic oxidation sites excluding steroid dienone is 3. The first-order valence-electron chi connectivity index (χ1n) is 6.53. The van der Waals surface area contributed by atoms with Crippen LogP contribution in [-0.4, -0.2) is 25.3 Å². The molecule has 1 aliphatic carbocycles.